The van der Waals surface area contributed by atoms with Crippen molar-refractivity contribution in [2.24, 2.45) is 0 Å². The first-order valence-corrected chi connectivity index (χ1v) is 14.4. The number of aliphatic carboxylic acids is 1. The molecule has 0 radical (unpaired) electrons. The number of carboxylic acids is 1. The monoisotopic (exact) mass is 640 g/mol. The quantitative estimate of drug-likeness (QED) is 0.121. The highest BCUT2D eigenvalue weighted by molar-refractivity contribution is 6.32. The van der Waals surface area contributed by atoms with Gasteiger partial charge in [-0.2, -0.15) is 17.6 Å². The molecule has 3 aromatic carbocycles. The van der Waals surface area contributed by atoms with Gasteiger partial charge in [0.25, 0.3) is 0 Å². The number of rotatable bonds is 10. The molecule has 1 saturated carbocycles. The second-order valence-corrected chi connectivity index (χ2v) is 10.8. The van der Waals surface area contributed by atoms with Gasteiger partial charge in [-0.1, -0.05) is 48.0 Å². The molecule has 0 amide bonds. The summed E-state index contributed by atoms with van der Waals surface area (Å²) in [5.74, 6) is -5.03. The molecule has 1 heterocycles. The van der Waals surface area contributed by atoms with E-state index in [0.29, 0.717) is 55.6 Å². The molecule has 0 spiro atoms. The summed E-state index contributed by atoms with van der Waals surface area (Å²) in [7, 11) is 0. The minimum Gasteiger partial charge on any atom is -0.488 e. The van der Waals surface area contributed by atoms with Gasteiger partial charge in [-0.05, 0) is 79.1 Å². The summed E-state index contributed by atoms with van der Waals surface area (Å²) in [6, 6.07) is 13.6. The number of halogens is 7. The van der Waals surface area contributed by atoms with Crippen LogP contribution in [0.15, 0.2) is 60.2 Å². The third kappa shape index (κ3) is 8.99. The number of nitrogens with one attached hydrogen (secondary N) is 2. The Hall–Kier alpha value is -3.54. The van der Waals surface area contributed by atoms with Crippen molar-refractivity contribution >= 4 is 23.1 Å². The number of carbonyl (C=O) groups is 1. The van der Waals surface area contributed by atoms with E-state index in [9.17, 15) is 36.2 Å². The van der Waals surface area contributed by atoms with Crippen LogP contribution >= 0.6 is 11.6 Å². The number of ether oxygens (including phenoxy) is 1. The van der Waals surface area contributed by atoms with Crippen LogP contribution < -0.4 is 15.4 Å². The fourth-order valence-electron chi connectivity index (χ4n) is 4.65. The Morgan fingerprint density at radius 1 is 1.02 bits per heavy atom. The molecule has 3 aromatic rings. The highest BCUT2D eigenvalue weighted by atomic mass is 35.5. The van der Waals surface area contributed by atoms with Crippen LogP contribution in [0.3, 0.4) is 0 Å². The van der Waals surface area contributed by atoms with Crippen LogP contribution in [0.2, 0.25) is 5.02 Å². The fraction of sp³-hybridized carbons (Fsp3) is 0.344. The van der Waals surface area contributed by atoms with Gasteiger partial charge in [0.1, 0.15) is 0 Å². The van der Waals surface area contributed by atoms with Gasteiger partial charge in [0.05, 0.1) is 22.8 Å². The van der Waals surface area contributed by atoms with E-state index < -0.39 is 40.9 Å². The number of carboxylic acid groups (broad SMARTS) is 1. The van der Waals surface area contributed by atoms with Gasteiger partial charge in [-0.3, -0.25) is 0 Å². The third-order valence-corrected chi connectivity index (χ3v) is 7.63. The third-order valence-electron chi connectivity index (χ3n) is 7.18. The van der Waals surface area contributed by atoms with E-state index in [2.05, 4.69) is 10.6 Å². The van der Waals surface area contributed by atoms with Crippen LogP contribution in [0.5, 0.6) is 5.75 Å². The number of hydrogen-bond acceptors (Lipinski definition) is 4. The lowest BCUT2D eigenvalue weighted by atomic mass is 9.93. The standard InChI is InChI=1S/C21H20F3NO3.C11H11ClF3N/c22-17-7-8-18(23)20(19(17)24)28-11-1-2-13-3-5-14(6-4-13)15-9-10-25-12-16(15)21(26)27;12-10-7(6-16-8-4-5-8)2-1-3-9(10)11(13,14)15/h3-8,25H,1-2,9-12H2,(H,26,27);1-3,8,16H,4-6H2. The van der Waals surface area contributed by atoms with Gasteiger partial charge < -0.3 is 20.5 Å². The van der Waals surface area contributed by atoms with Crippen LogP contribution in [0.25, 0.3) is 5.57 Å². The molecule has 0 bridgehead atoms. The smallest absolute Gasteiger partial charge is 0.417 e. The number of alkyl halides is 3. The van der Waals surface area contributed by atoms with Gasteiger partial charge in [0.2, 0.25) is 5.82 Å². The maximum absolute atomic E-state index is 13.5. The van der Waals surface area contributed by atoms with Gasteiger partial charge in [-0.15, -0.1) is 0 Å². The lowest BCUT2D eigenvalue weighted by Gasteiger charge is -2.19. The van der Waals surface area contributed by atoms with E-state index in [-0.39, 0.29) is 11.6 Å². The molecule has 0 aromatic heterocycles. The first-order chi connectivity index (χ1) is 21.0. The topological polar surface area (TPSA) is 70.6 Å². The Bertz CT molecular complexity index is 1490. The lowest BCUT2D eigenvalue weighted by Crippen LogP contribution is -2.28. The fourth-order valence-corrected chi connectivity index (χ4v) is 4.95. The second kappa shape index (κ2) is 15.0. The molecule has 0 saturated heterocycles. The Morgan fingerprint density at radius 2 is 1.73 bits per heavy atom. The molecule has 1 fully saturated rings. The molecule has 236 valence electrons. The molecule has 12 heteroatoms. The Kier molecular flexibility index (Phi) is 11.3. The normalized spacial score (nSPS) is 15.1. The predicted molar refractivity (Wildman–Crippen MR) is 155 cm³/mol. The average molecular weight is 641 g/mol. The van der Waals surface area contributed by atoms with Crippen molar-refractivity contribution in [1.29, 1.82) is 0 Å². The van der Waals surface area contributed by atoms with Crippen molar-refractivity contribution in [3.63, 3.8) is 0 Å². The lowest BCUT2D eigenvalue weighted by molar-refractivity contribution is -0.137. The molecule has 1 aliphatic heterocycles. The zero-order chi connectivity index (χ0) is 31.9. The van der Waals surface area contributed by atoms with Crippen molar-refractivity contribution in [1.82, 2.24) is 10.6 Å². The summed E-state index contributed by atoms with van der Waals surface area (Å²) in [5.41, 5.74) is 2.82. The van der Waals surface area contributed by atoms with Crippen molar-refractivity contribution in [3.05, 3.63) is 105 Å². The molecule has 3 N–H and O–H groups in total. The average Bonchev–Trinajstić information content (AvgIpc) is 3.83. The minimum atomic E-state index is -4.38. The van der Waals surface area contributed by atoms with Gasteiger partial charge in [0, 0.05) is 19.1 Å². The summed E-state index contributed by atoms with van der Waals surface area (Å²) in [6.45, 7) is 1.52. The van der Waals surface area contributed by atoms with E-state index >= 15 is 0 Å². The first-order valence-electron chi connectivity index (χ1n) is 14.0. The maximum atomic E-state index is 13.5. The van der Waals surface area contributed by atoms with E-state index in [4.69, 9.17) is 16.3 Å². The molecule has 44 heavy (non-hydrogen) atoms. The highest BCUT2D eigenvalue weighted by Crippen LogP contribution is 2.36. The second-order valence-electron chi connectivity index (χ2n) is 10.4. The zero-order valence-corrected chi connectivity index (χ0v) is 24.3. The van der Waals surface area contributed by atoms with Crippen molar-refractivity contribution in [2.45, 2.75) is 50.9 Å². The van der Waals surface area contributed by atoms with E-state index in [1.807, 2.05) is 24.3 Å². The molecule has 1 aliphatic carbocycles. The zero-order valence-electron chi connectivity index (χ0n) is 23.5. The van der Waals surface area contributed by atoms with E-state index in [1.54, 1.807) is 6.07 Å². The van der Waals surface area contributed by atoms with Crippen molar-refractivity contribution in [2.75, 3.05) is 19.7 Å². The van der Waals surface area contributed by atoms with Crippen molar-refractivity contribution < 1.29 is 41.0 Å². The molecule has 0 unspecified atom stereocenters. The first kappa shape index (κ1) is 33.4. The van der Waals surface area contributed by atoms with E-state index in [0.717, 1.165) is 48.2 Å². The van der Waals surface area contributed by atoms with Gasteiger partial charge in [0.15, 0.2) is 17.4 Å². The van der Waals surface area contributed by atoms with E-state index in [1.165, 1.54) is 6.07 Å². The SMILES string of the molecule is FC(F)(F)c1cccc(CNC2CC2)c1Cl.O=C(O)C1=C(c2ccc(CCCOc3c(F)ccc(F)c3F)cc2)CCNC1. The predicted octanol–water partition coefficient (Wildman–Crippen LogP) is 7.56. The minimum absolute atomic E-state index is 0.0407. The number of benzene rings is 3. The van der Waals surface area contributed by atoms with Crippen LogP contribution in [-0.4, -0.2) is 36.8 Å². The molecular weight excluding hydrogens is 610 g/mol. The largest absolute Gasteiger partial charge is 0.488 e. The van der Waals surface area contributed by atoms with Crippen LogP contribution in [0.1, 0.15) is 47.9 Å². The molecule has 5 rings (SSSR count). The molecule has 0 atom stereocenters. The Morgan fingerprint density at radius 3 is 2.39 bits per heavy atom. The summed E-state index contributed by atoms with van der Waals surface area (Å²) >= 11 is 5.74. The maximum Gasteiger partial charge on any atom is 0.417 e. The number of aryl methyl sites for hydroxylation is 1. The molecule has 5 nitrogen and oxygen atoms in total. The van der Waals surface area contributed by atoms with Gasteiger partial charge in [-0.25, -0.2) is 13.6 Å². The summed E-state index contributed by atoms with van der Waals surface area (Å²) in [5, 5.41) is 15.3. The Balaban J connectivity index is 0.000000233. The Labute approximate surface area is 255 Å². The molecule has 2 aliphatic rings. The van der Waals surface area contributed by atoms with Gasteiger partial charge >= 0.3 is 12.1 Å². The summed E-state index contributed by atoms with van der Waals surface area (Å²) < 4.78 is 82.8. The number of hydrogen-bond donors (Lipinski definition) is 3. The van der Waals surface area contributed by atoms with Crippen LogP contribution in [0.4, 0.5) is 26.3 Å². The summed E-state index contributed by atoms with van der Waals surface area (Å²) in [4.78, 5) is 11.4. The highest BCUT2D eigenvalue weighted by Gasteiger charge is 2.34. The summed E-state index contributed by atoms with van der Waals surface area (Å²) in [6.07, 6.45) is -0.452. The van der Waals surface area contributed by atoms with Crippen LogP contribution in [0, 0.1) is 17.5 Å². The van der Waals surface area contributed by atoms with Crippen molar-refractivity contribution in [3.8, 4) is 5.75 Å². The van der Waals surface area contributed by atoms with Crippen LogP contribution in [-0.2, 0) is 23.9 Å². The molecular formula is C32H31ClF6N2O3.